The van der Waals surface area contributed by atoms with Crippen LogP contribution < -0.4 is 10.1 Å². The highest BCUT2D eigenvalue weighted by Crippen LogP contribution is 2.41. The normalized spacial score (nSPS) is 16.2. The Morgan fingerprint density at radius 1 is 1.14 bits per heavy atom. The molecule has 2 rings (SSSR count). The first kappa shape index (κ1) is 16.3. The molecule has 1 aliphatic rings. The summed E-state index contributed by atoms with van der Waals surface area (Å²) in [6, 6.07) is 8.91. The molecule has 1 saturated carbocycles. The minimum Gasteiger partial charge on any atom is -0.497 e. The molecule has 0 radical (unpaired) electrons. The number of hydrogen-bond acceptors (Lipinski definition) is 3. The fraction of sp³-hybridized carbons (Fsp3) is 0.667. The van der Waals surface area contributed by atoms with Gasteiger partial charge in [-0.3, -0.25) is 0 Å². The molecule has 0 saturated heterocycles. The van der Waals surface area contributed by atoms with Gasteiger partial charge in [0.1, 0.15) is 5.75 Å². The highest BCUT2D eigenvalue weighted by molar-refractivity contribution is 5.30. The highest BCUT2D eigenvalue weighted by atomic mass is 16.5. The molecule has 0 aromatic heterocycles. The van der Waals surface area contributed by atoms with Gasteiger partial charge in [0.15, 0.2) is 0 Å². The van der Waals surface area contributed by atoms with E-state index in [1.165, 1.54) is 18.4 Å². The van der Waals surface area contributed by atoms with E-state index in [4.69, 9.17) is 9.47 Å². The maximum Gasteiger partial charge on any atom is 0.118 e. The standard InChI is InChI=1S/C18H29NO2/c1-14(2)10-12-21-13-11-19-18(15-4-5-15)16-6-8-17(20-3)9-7-16/h6-9,14-15,18-19H,4-5,10-13H2,1-3H3. The van der Waals surface area contributed by atoms with Gasteiger partial charge in [0.25, 0.3) is 0 Å². The van der Waals surface area contributed by atoms with Crippen LogP contribution in [0.3, 0.4) is 0 Å². The van der Waals surface area contributed by atoms with Crippen LogP contribution in [0, 0.1) is 11.8 Å². The van der Waals surface area contributed by atoms with Crippen LogP contribution in [0.5, 0.6) is 5.75 Å². The number of ether oxygens (including phenoxy) is 2. The van der Waals surface area contributed by atoms with Gasteiger partial charge in [0, 0.05) is 19.2 Å². The largest absolute Gasteiger partial charge is 0.497 e. The van der Waals surface area contributed by atoms with Crippen molar-refractivity contribution < 1.29 is 9.47 Å². The van der Waals surface area contributed by atoms with Gasteiger partial charge < -0.3 is 14.8 Å². The Hall–Kier alpha value is -1.06. The molecule has 0 amide bonds. The molecule has 1 fully saturated rings. The Kier molecular flexibility index (Phi) is 6.52. The fourth-order valence-electron chi connectivity index (χ4n) is 2.51. The number of rotatable bonds is 10. The number of nitrogens with one attached hydrogen (secondary N) is 1. The highest BCUT2D eigenvalue weighted by Gasteiger charge is 2.31. The van der Waals surface area contributed by atoms with Crippen LogP contribution >= 0.6 is 0 Å². The van der Waals surface area contributed by atoms with E-state index in [2.05, 4.69) is 31.3 Å². The van der Waals surface area contributed by atoms with E-state index < -0.39 is 0 Å². The van der Waals surface area contributed by atoms with Crippen molar-refractivity contribution in [3.63, 3.8) is 0 Å². The average molecular weight is 291 g/mol. The van der Waals surface area contributed by atoms with Gasteiger partial charge in [0.05, 0.1) is 13.7 Å². The monoisotopic (exact) mass is 291 g/mol. The third-order valence-electron chi connectivity index (χ3n) is 4.02. The first-order chi connectivity index (χ1) is 10.2. The zero-order valence-electron chi connectivity index (χ0n) is 13.6. The zero-order chi connectivity index (χ0) is 15.1. The fourth-order valence-corrected chi connectivity index (χ4v) is 2.51. The van der Waals surface area contributed by atoms with Crippen LogP contribution in [0.2, 0.25) is 0 Å². The Bertz CT molecular complexity index is 398. The maximum absolute atomic E-state index is 5.68. The quantitative estimate of drug-likeness (QED) is 0.665. The van der Waals surface area contributed by atoms with Crippen molar-refractivity contribution in [2.75, 3.05) is 26.9 Å². The lowest BCUT2D eigenvalue weighted by Crippen LogP contribution is -2.27. The van der Waals surface area contributed by atoms with E-state index in [0.717, 1.165) is 43.8 Å². The summed E-state index contributed by atoms with van der Waals surface area (Å²) < 4.78 is 10.9. The number of benzene rings is 1. The maximum atomic E-state index is 5.68. The Morgan fingerprint density at radius 2 is 1.86 bits per heavy atom. The van der Waals surface area contributed by atoms with E-state index in [9.17, 15) is 0 Å². The summed E-state index contributed by atoms with van der Waals surface area (Å²) in [6.07, 6.45) is 3.81. The summed E-state index contributed by atoms with van der Waals surface area (Å²) in [4.78, 5) is 0. The summed E-state index contributed by atoms with van der Waals surface area (Å²) in [5, 5.41) is 3.66. The lowest BCUT2D eigenvalue weighted by atomic mass is 10.0. The van der Waals surface area contributed by atoms with Gasteiger partial charge in [0.2, 0.25) is 0 Å². The van der Waals surface area contributed by atoms with E-state index >= 15 is 0 Å². The molecular formula is C18H29NO2. The molecule has 0 heterocycles. The third kappa shape index (κ3) is 5.68. The van der Waals surface area contributed by atoms with Crippen LogP contribution in [0.25, 0.3) is 0 Å². The van der Waals surface area contributed by atoms with Crippen LogP contribution in [-0.4, -0.2) is 26.9 Å². The molecule has 21 heavy (non-hydrogen) atoms. The molecule has 118 valence electrons. The summed E-state index contributed by atoms with van der Waals surface area (Å²) in [5.41, 5.74) is 1.36. The summed E-state index contributed by atoms with van der Waals surface area (Å²) in [5.74, 6) is 2.43. The number of hydrogen-bond donors (Lipinski definition) is 1. The lowest BCUT2D eigenvalue weighted by molar-refractivity contribution is 0.122. The van der Waals surface area contributed by atoms with Gasteiger partial charge in [-0.15, -0.1) is 0 Å². The molecule has 1 unspecified atom stereocenters. The first-order valence-corrected chi connectivity index (χ1v) is 8.15. The Balaban J connectivity index is 1.74. The van der Waals surface area contributed by atoms with Crippen LogP contribution in [-0.2, 0) is 4.74 Å². The molecule has 0 aliphatic heterocycles. The molecule has 3 heteroatoms. The Labute approximate surface area is 129 Å². The van der Waals surface area contributed by atoms with E-state index in [-0.39, 0.29) is 0 Å². The molecule has 1 atom stereocenters. The van der Waals surface area contributed by atoms with Crippen molar-refractivity contribution >= 4 is 0 Å². The minimum absolute atomic E-state index is 0.463. The van der Waals surface area contributed by atoms with Crippen molar-refractivity contribution in [3.05, 3.63) is 29.8 Å². The molecular weight excluding hydrogens is 262 g/mol. The SMILES string of the molecule is COc1ccc(C(NCCOCCC(C)C)C2CC2)cc1. The molecule has 1 aromatic rings. The van der Waals surface area contributed by atoms with Crippen molar-refractivity contribution in [2.24, 2.45) is 11.8 Å². The molecule has 0 bridgehead atoms. The summed E-state index contributed by atoms with van der Waals surface area (Å²) >= 11 is 0. The van der Waals surface area contributed by atoms with E-state index in [1.54, 1.807) is 7.11 Å². The van der Waals surface area contributed by atoms with Crippen molar-refractivity contribution in [1.29, 1.82) is 0 Å². The Morgan fingerprint density at radius 3 is 2.43 bits per heavy atom. The van der Waals surface area contributed by atoms with Gasteiger partial charge >= 0.3 is 0 Å². The molecule has 1 aromatic carbocycles. The van der Waals surface area contributed by atoms with E-state index in [0.29, 0.717) is 6.04 Å². The van der Waals surface area contributed by atoms with Gasteiger partial charge in [-0.25, -0.2) is 0 Å². The zero-order valence-corrected chi connectivity index (χ0v) is 13.6. The second kappa shape index (κ2) is 8.40. The van der Waals surface area contributed by atoms with Crippen molar-refractivity contribution in [2.45, 2.75) is 39.2 Å². The summed E-state index contributed by atoms with van der Waals surface area (Å²) in [7, 11) is 1.71. The summed E-state index contributed by atoms with van der Waals surface area (Å²) in [6.45, 7) is 7.05. The van der Waals surface area contributed by atoms with Gasteiger partial charge in [-0.2, -0.15) is 0 Å². The van der Waals surface area contributed by atoms with Gasteiger partial charge in [-0.05, 0) is 48.8 Å². The topological polar surface area (TPSA) is 30.5 Å². The predicted molar refractivity (Wildman–Crippen MR) is 86.7 cm³/mol. The molecule has 3 nitrogen and oxygen atoms in total. The second-order valence-electron chi connectivity index (χ2n) is 6.34. The average Bonchev–Trinajstić information content (AvgIpc) is 3.31. The van der Waals surface area contributed by atoms with Crippen molar-refractivity contribution in [1.82, 2.24) is 5.32 Å². The van der Waals surface area contributed by atoms with Crippen LogP contribution in [0.1, 0.15) is 44.7 Å². The van der Waals surface area contributed by atoms with Gasteiger partial charge in [-0.1, -0.05) is 26.0 Å². The van der Waals surface area contributed by atoms with Crippen LogP contribution in [0.4, 0.5) is 0 Å². The third-order valence-corrected chi connectivity index (χ3v) is 4.02. The predicted octanol–water partition coefficient (Wildman–Crippen LogP) is 3.80. The van der Waals surface area contributed by atoms with Crippen LogP contribution in [0.15, 0.2) is 24.3 Å². The minimum atomic E-state index is 0.463. The molecule has 1 N–H and O–H groups in total. The van der Waals surface area contributed by atoms with E-state index in [1.807, 2.05) is 12.1 Å². The van der Waals surface area contributed by atoms with Crippen molar-refractivity contribution in [3.8, 4) is 5.75 Å². The number of methoxy groups -OCH3 is 1. The first-order valence-electron chi connectivity index (χ1n) is 8.15. The molecule has 0 spiro atoms. The lowest BCUT2D eigenvalue weighted by Gasteiger charge is -2.19. The second-order valence-corrected chi connectivity index (χ2v) is 6.34. The smallest absolute Gasteiger partial charge is 0.118 e. The molecule has 1 aliphatic carbocycles.